The van der Waals surface area contributed by atoms with Crippen LogP contribution in [0.1, 0.15) is 19.8 Å². The lowest BCUT2D eigenvalue weighted by Crippen LogP contribution is -1.91. The average Bonchev–Trinajstić information content (AvgIpc) is 2.17. The van der Waals surface area contributed by atoms with Gasteiger partial charge in [0.05, 0.1) is 4.90 Å². The van der Waals surface area contributed by atoms with Crippen LogP contribution in [0.4, 0.5) is 0 Å². The molecule has 0 fully saturated rings. The zero-order chi connectivity index (χ0) is 11.3. The predicted molar refractivity (Wildman–Crippen MR) is 65.0 cm³/mol. The lowest BCUT2D eigenvalue weighted by molar-refractivity contribution is 0.448. The molecule has 0 aliphatic rings. The first-order valence-electron chi connectivity index (χ1n) is 4.88. The van der Waals surface area contributed by atoms with E-state index in [9.17, 15) is 10.2 Å². The van der Waals surface area contributed by atoms with Gasteiger partial charge in [0.1, 0.15) is 11.5 Å². The molecule has 15 heavy (non-hydrogen) atoms. The van der Waals surface area contributed by atoms with Crippen LogP contribution in [0.15, 0.2) is 23.1 Å². The second-order valence-corrected chi connectivity index (χ2v) is 5.31. The van der Waals surface area contributed by atoms with Crippen LogP contribution in [0, 0.1) is 0 Å². The standard InChI is InChI=1S/C11H15ClO2S/c1-8(12)3-2-6-15-11-7-9(13)4-5-10(11)14/h4-5,7-8,13-14H,2-3,6H2,1H3. The maximum atomic E-state index is 9.49. The Hall–Kier alpha value is -0.540. The van der Waals surface area contributed by atoms with Crippen molar-refractivity contribution in [2.75, 3.05) is 5.75 Å². The molecule has 0 aliphatic heterocycles. The van der Waals surface area contributed by atoms with Gasteiger partial charge in [-0.1, -0.05) is 0 Å². The van der Waals surface area contributed by atoms with Crippen LogP contribution in [0.2, 0.25) is 0 Å². The van der Waals surface area contributed by atoms with E-state index in [0.717, 1.165) is 23.5 Å². The van der Waals surface area contributed by atoms with Gasteiger partial charge in [0.2, 0.25) is 0 Å². The van der Waals surface area contributed by atoms with E-state index in [0.29, 0.717) is 0 Å². The third-order valence-corrected chi connectivity index (χ3v) is 3.30. The lowest BCUT2D eigenvalue weighted by atomic mass is 10.3. The summed E-state index contributed by atoms with van der Waals surface area (Å²) in [7, 11) is 0. The van der Waals surface area contributed by atoms with E-state index in [4.69, 9.17) is 11.6 Å². The first-order chi connectivity index (χ1) is 7.09. The third-order valence-electron chi connectivity index (χ3n) is 1.95. The Labute approximate surface area is 99.3 Å². The van der Waals surface area contributed by atoms with Crippen LogP contribution in [0.5, 0.6) is 11.5 Å². The van der Waals surface area contributed by atoms with Crippen molar-refractivity contribution in [2.24, 2.45) is 0 Å². The van der Waals surface area contributed by atoms with Gasteiger partial charge in [-0.25, -0.2) is 0 Å². The fraction of sp³-hybridized carbons (Fsp3) is 0.455. The van der Waals surface area contributed by atoms with Crippen molar-refractivity contribution in [3.05, 3.63) is 18.2 Å². The highest BCUT2D eigenvalue weighted by Crippen LogP contribution is 2.32. The van der Waals surface area contributed by atoms with Crippen LogP contribution in [0.3, 0.4) is 0 Å². The fourth-order valence-corrected chi connectivity index (χ4v) is 2.27. The second kappa shape index (κ2) is 6.13. The number of alkyl halides is 1. The summed E-state index contributed by atoms with van der Waals surface area (Å²) in [6.45, 7) is 1.97. The van der Waals surface area contributed by atoms with Gasteiger partial charge in [-0.2, -0.15) is 0 Å². The summed E-state index contributed by atoms with van der Waals surface area (Å²) in [6.07, 6.45) is 1.97. The van der Waals surface area contributed by atoms with E-state index < -0.39 is 0 Å². The number of benzene rings is 1. The number of hydrogen-bond donors (Lipinski definition) is 2. The molecule has 84 valence electrons. The SMILES string of the molecule is CC(Cl)CCCSc1cc(O)ccc1O. The third kappa shape index (κ3) is 4.67. The van der Waals surface area contributed by atoms with Crippen LogP contribution < -0.4 is 0 Å². The Morgan fingerprint density at radius 3 is 2.80 bits per heavy atom. The molecule has 1 unspecified atom stereocenters. The Kier molecular flexibility index (Phi) is 5.12. The molecule has 1 rings (SSSR count). The van der Waals surface area contributed by atoms with Gasteiger partial charge in [0, 0.05) is 5.38 Å². The summed E-state index contributed by atoms with van der Waals surface area (Å²) in [5, 5.41) is 18.9. The topological polar surface area (TPSA) is 40.5 Å². The molecular weight excluding hydrogens is 232 g/mol. The zero-order valence-electron chi connectivity index (χ0n) is 8.61. The molecule has 1 aromatic rings. The summed E-state index contributed by atoms with van der Waals surface area (Å²) in [4.78, 5) is 0.720. The number of aromatic hydroxyl groups is 2. The highest BCUT2D eigenvalue weighted by molar-refractivity contribution is 7.99. The van der Waals surface area contributed by atoms with Crippen molar-refractivity contribution >= 4 is 23.4 Å². The van der Waals surface area contributed by atoms with E-state index >= 15 is 0 Å². The van der Waals surface area contributed by atoms with Gasteiger partial charge in [0.25, 0.3) is 0 Å². The summed E-state index contributed by atoms with van der Waals surface area (Å²) in [5.41, 5.74) is 0. The Morgan fingerprint density at radius 2 is 2.13 bits per heavy atom. The first-order valence-corrected chi connectivity index (χ1v) is 6.30. The molecule has 0 saturated carbocycles. The van der Waals surface area contributed by atoms with Crippen LogP contribution >= 0.6 is 23.4 Å². The summed E-state index contributed by atoms with van der Waals surface area (Å²) < 4.78 is 0. The monoisotopic (exact) mass is 246 g/mol. The number of phenolic OH excluding ortho intramolecular Hbond substituents is 2. The maximum Gasteiger partial charge on any atom is 0.129 e. The minimum absolute atomic E-state index is 0.181. The van der Waals surface area contributed by atoms with E-state index in [2.05, 4.69) is 0 Å². The van der Waals surface area contributed by atoms with E-state index in [-0.39, 0.29) is 16.9 Å². The molecule has 2 nitrogen and oxygen atoms in total. The number of phenols is 2. The van der Waals surface area contributed by atoms with Gasteiger partial charge >= 0.3 is 0 Å². The molecule has 0 saturated heterocycles. The molecular formula is C11H15ClO2S. The molecule has 4 heteroatoms. The van der Waals surface area contributed by atoms with Crippen molar-refractivity contribution in [2.45, 2.75) is 30.0 Å². The normalized spacial score (nSPS) is 12.7. The molecule has 2 N–H and O–H groups in total. The minimum Gasteiger partial charge on any atom is -0.508 e. The second-order valence-electron chi connectivity index (χ2n) is 3.42. The van der Waals surface area contributed by atoms with Crippen molar-refractivity contribution in [1.29, 1.82) is 0 Å². The Bertz CT molecular complexity index is 315. The summed E-state index contributed by atoms with van der Waals surface area (Å²) >= 11 is 7.35. The van der Waals surface area contributed by atoms with Gasteiger partial charge in [-0.15, -0.1) is 23.4 Å². The summed E-state index contributed by atoms with van der Waals surface area (Å²) in [6, 6.07) is 4.55. The summed E-state index contributed by atoms with van der Waals surface area (Å²) in [5.74, 6) is 1.30. The molecule has 0 aromatic heterocycles. The Balaban J connectivity index is 2.40. The highest BCUT2D eigenvalue weighted by Gasteiger charge is 2.03. The van der Waals surface area contributed by atoms with Crippen molar-refractivity contribution < 1.29 is 10.2 Å². The largest absolute Gasteiger partial charge is 0.508 e. The molecule has 1 aromatic carbocycles. The number of hydrogen-bond acceptors (Lipinski definition) is 3. The lowest BCUT2D eigenvalue weighted by Gasteiger charge is -2.05. The van der Waals surface area contributed by atoms with Crippen molar-refractivity contribution in [1.82, 2.24) is 0 Å². The predicted octanol–water partition coefficient (Wildman–Crippen LogP) is 3.60. The van der Waals surface area contributed by atoms with Gasteiger partial charge < -0.3 is 10.2 Å². The van der Waals surface area contributed by atoms with Crippen LogP contribution in [0.25, 0.3) is 0 Å². The molecule has 0 spiro atoms. The van der Waals surface area contributed by atoms with Gasteiger partial charge in [0.15, 0.2) is 0 Å². The number of rotatable bonds is 5. The van der Waals surface area contributed by atoms with Crippen molar-refractivity contribution in [3.63, 3.8) is 0 Å². The van der Waals surface area contributed by atoms with E-state index in [1.165, 1.54) is 23.9 Å². The molecule has 0 aliphatic carbocycles. The quantitative estimate of drug-likeness (QED) is 0.361. The molecule has 0 bridgehead atoms. The number of halogens is 1. The average molecular weight is 247 g/mol. The highest BCUT2D eigenvalue weighted by atomic mass is 35.5. The molecule has 0 heterocycles. The smallest absolute Gasteiger partial charge is 0.129 e. The van der Waals surface area contributed by atoms with Gasteiger partial charge in [-0.3, -0.25) is 0 Å². The fourth-order valence-electron chi connectivity index (χ4n) is 1.17. The van der Waals surface area contributed by atoms with Crippen LogP contribution in [-0.4, -0.2) is 21.3 Å². The van der Waals surface area contributed by atoms with Crippen molar-refractivity contribution in [3.8, 4) is 11.5 Å². The molecule has 1 atom stereocenters. The van der Waals surface area contributed by atoms with E-state index in [1.807, 2.05) is 6.92 Å². The van der Waals surface area contributed by atoms with E-state index in [1.54, 1.807) is 6.07 Å². The Morgan fingerprint density at radius 1 is 1.40 bits per heavy atom. The zero-order valence-corrected chi connectivity index (χ0v) is 10.2. The maximum absolute atomic E-state index is 9.49. The van der Waals surface area contributed by atoms with Gasteiger partial charge in [-0.05, 0) is 43.7 Å². The van der Waals surface area contributed by atoms with Crippen LogP contribution in [-0.2, 0) is 0 Å². The minimum atomic E-state index is 0.181. The molecule has 0 amide bonds. The first kappa shape index (κ1) is 12.5. The number of thioether (sulfide) groups is 1. The molecule has 0 radical (unpaired) electrons.